The van der Waals surface area contributed by atoms with Crippen LogP contribution in [0.3, 0.4) is 0 Å². The van der Waals surface area contributed by atoms with Gasteiger partial charge in [-0.2, -0.15) is 0 Å². The second-order valence-corrected chi connectivity index (χ2v) is 17.6. The molecule has 0 spiro atoms. The normalized spacial score (nSPS) is 12.9. The Morgan fingerprint density at radius 3 is 1.19 bits per heavy atom. The van der Waals surface area contributed by atoms with E-state index in [9.17, 15) is 0 Å². The van der Waals surface area contributed by atoms with E-state index < -0.39 is 0 Å². The molecular formula is C44H39ClN8Zn. The molecule has 8 bridgehead atoms. The summed E-state index contributed by atoms with van der Waals surface area (Å²) in [6.45, 7) is 19.8. The summed E-state index contributed by atoms with van der Waals surface area (Å²) in [5.41, 5.74) is 8.76. The van der Waals surface area contributed by atoms with Crippen LogP contribution < -0.4 is 9.97 Å². The molecule has 5 heterocycles. The molecule has 0 saturated heterocycles. The monoisotopic (exact) mass is 778 g/mol. The van der Waals surface area contributed by atoms with E-state index >= 15 is 0 Å². The quantitative estimate of drug-likeness (QED) is 0.140. The number of hydrogen-bond acceptors (Lipinski definition) is 6. The average molecular weight is 781 g/mol. The molecule has 2 aliphatic rings. The molecule has 3 aromatic heterocycles. The van der Waals surface area contributed by atoms with E-state index in [0.29, 0.717) is 50.9 Å². The number of nitrogens with zero attached hydrogens (tertiary/aromatic N) is 8. The third-order valence-corrected chi connectivity index (χ3v) is 10.5. The number of hydrogen-bond donors (Lipinski definition) is 0. The molecule has 4 aromatic carbocycles. The van der Waals surface area contributed by atoms with Crippen LogP contribution in [0.25, 0.3) is 89.7 Å². The molecule has 54 heavy (non-hydrogen) atoms. The van der Waals surface area contributed by atoms with Crippen molar-refractivity contribution in [2.24, 2.45) is 0 Å². The fraction of sp³-hybridized carbons (Fsp3) is 0.273. The van der Waals surface area contributed by atoms with Crippen LogP contribution in [0.1, 0.15) is 79.0 Å². The zero-order chi connectivity index (χ0) is 37.2. The Balaban J connectivity index is 0.00000413. The largest absolute Gasteiger partial charge is 2.00 e. The van der Waals surface area contributed by atoms with Crippen LogP contribution >= 0.6 is 11.6 Å². The zero-order valence-corrected chi connectivity index (χ0v) is 35.8. The van der Waals surface area contributed by atoms with Gasteiger partial charge in [-0.25, -0.2) is 9.97 Å². The Morgan fingerprint density at radius 1 is 0.389 bits per heavy atom. The maximum absolute atomic E-state index is 6.57. The predicted octanol–water partition coefficient (Wildman–Crippen LogP) is 10.7. The van der Waals surface area contributed by atoms with Crippen molar-refractivity contribution in [3.05, 3.63) is 94.5 Å². The van der Waals surface area contributed by atoms with Gasteiger partial charge < -0.3 is 29.9 Å². The van der Waals surface area contributed by atoms with Crippen LogP contribution in [0.2, 0.25) is 5.02 Å². The van der Waals surface area contributed by atoms with Crippen molar-refractivity contribution in [3.63, 3.8) is 0 Å². The van der Waals surface area contributed by atoms with E-state index in [2.05, 4.69) is 117 Å². The Bertz CT molecular complexity index is 2850. The summed E-state index contributed by atoms with van der Waals surface area (Å²) >= 11 is 6.57. The Labute approximate surface area is 332 Å². The van der Waals surface area contributed by atoms with Crippen molar-refractivity contribution in [1.82, 2.24) is 39.9 Å². The van der Waals surface area contributed by atoms with Crippen LogP contribution in [0.5, 0.6) is 0 Å². The molecule has 0 amide bonds. The second-order valence-electron chi connectivity index (χ2n) is 17.2. The van der Waals surface area contributed by atoms with E-state index in [1.54, 1.807) is 0 Å². The van der Waals surface area contributed by atoms with Gasteiger partial charge in [0.25, 0.3) is 0 Å². The molecule has 0 N–H and O–H groups in total. The first kappa shape index (κ1) is 36.1. The van der Waals surface area contributed by atoms with Gasteiger partial charge in [0.1, 0.15) is 0 Å². The minimum absolute atomic E-state index is 0. The van der Waals surface area contributed by atoms with Gasteiger partial charge in [-0.15, -0.1) is 0 Å². The summed E-state index contributed by atoms with van der Waals surface area (Å²) in [6, 6.07) is 24.9. The van der Waals surface area contributed by atoms with Gasteiger partial charge in [-0.05, 0) is 84.8 Å². The van der Waals surface area contributed by atoms with Gasteiger partial charge in [-0.3, -0.25) is 0 Å². The standard InChI is InChI=1S/C44H39ClN8.Zn/c1-42(2,3)22-10-14-26-30(18-22)38-46-34(26)48-39-32-20-24(44(7,8)9)12-16-28(32)36(50-39)52-41-33-21-25(45)13-17-29(33)37(53-41)51-40-31-19-23(43(4,5)6)11-15-27(31)35(47-38)49-40;/h10-21H,1-9H3;/q-2;+2. The van der Waals surface area contributed by atoms with Crippen molar-refractivity contribution in [1.29, 1.82) is 0 Å². The molecule has 264 valence electrons. The smallest absolute Gasteiger partial charge is 0.357 e. The van der Waals surface area contributed by atoms with E-state index in [4.69, 9.17) is 51.5 Å². The van der Waals surface area contributed by atoms with Gasteiger partial charge in [-0.1, -0.05) is 116 Å². The minimum Gasteiger partial charge on any atom is -0.357 e. The average Bonchev–Trinajstić information content (AvgIpc) is 3.81. The summed E-state index contributed by atoms with van der Waals surface area (Å²) < 4.78 is 0. The van der Waals surface area contributed by atoms with Gasteiger partial charge in [0, 0.05) is 49.9 Å². The van der Waals surface area contributed by atoms with Crippen molar-refractivity contribution in [3.8, 4) is 45.6 Å². The van der Waals surface area contributed by atoms with Crippen LogP contribution in [0.15, 0.2) is 72.8 Å². The van der Waals surface area contributed by atoms with Crippen LogP contribution in [-0.2, 0) is 35.7 Å². The van der Waals surface area contributed by atoms with Crippen LogP contribution in [0, 0.1) is 0 Å². The fourth-order valence-electron chi connectivity index (χ4n) is 7.03. The Morgan fingerprint density at radius 2 is 0.741 bits per heavy atom. The van der Waals surface area contributed by atoms with Crippen LogP contribution in [-0.4, -0.2) is 29.9 Å². The molecule has 7 aromatic rings. The first-order chi connectivity index (χ1) is 25.0. The van der Waals surface area contributed by atoms with Crippen LogP contribution in [0.4, 0.5) is 0 Å². The summed E-state index contributed by atoms with van der Waals surface area (Å²) in [6.07, 6.45) is 0. The van der Waals surface area contributed by atoms with E-state index in [-0.39, 0.29) is 35.7 Å². The number of aromatic nitrogens is 8. The fourth-order valence-corrected chi connectivity index (χ4v) is 7.21. The van der Waals surface area contributed by atoms with E-state index in [1.165, 1.54) is 16.7 Å². The molecule has 8 nitrogen and oxygen atoms in total. The zero-order valence-electron chi connectivity index (χ0n) is 32.1. The predicted molar refractivity (Wildman–Crippen MR) is 215 cm³/mol. The third-order valence-electron chi connectivity index (χ3n) is 10.3. The first-order valence-corrected chi connectivity index (χ1v) is 18.3. The number of rotatable bonds is 0. The maximum atomic E-state index is 6.57. The SMILES string of the molecule is CC(C)(C)c1ccc2c(c1)-c1nc-2nc2[n-]c(nc3nc(nc4[n-]c(n1)c1ccc(C(C)(C)C)cc41)-c1ccc(Cl)cc1-3)c1ccc(C(C)(C)C)cc21.[Zn+2]. The molecule has 0 unspecified atom stereocenters. The molecule has 0 radical (unpaired) electrons. The molecule has 0 atom stereocenters. The molecule has 0 saturated carbocycles. The van der Waals surface area contributed by atoms with Gasteiger partial charge >= 0.3 is 19.5 Å². The topological polar surface area (TPSA) is 106 Å². The summed E-state index contributed by atoms with van der Waals surface area (Å²) in [7, 11) is 0. The van der Waals surface area contributed by atoms with E-state index in [0.717, 1.165) is 43.8 Å². The molecular weight excluding hydrogens is 741 g/mol. The van der Waals surface area contributed by atoms with Crippen molar-refractivity contribution in [2.45, 2.75) is 78.6 Å². The molecule has 10 heteroatoms. The van der Waals surface area contributed by atoms with Crippen molar-refractivity contribution < 1.29 is 19.5 Å². The van der Waals surface area contributed by atoms with Crippen molar-refractivity contribution in [2.75, 3.05) is 0 Å². The number of halogens is 1. The summed E-state index contributed by atoms with van der Waals surface area (Å²) in [5, 5.41) is 4.12. The Kier molecular flexibility index (Phi) is 8.26. The minimum atomic E-state index is -0.0891. The number of fused-ring (bicyclic) bond motifs is 20. The van der Waals surface area contributed by atoms with E-state index in [1.807, 2.05) is 18.2 Å². The first-order valence-electron chi connectivity index (χ1n) is 18.0. The maximum Gasteiger partial charge on any atom is 2.00 e. The molecule has 2 aliphatic heterocycles. The summed E-state index contributed by atoms with van der Waals surface area (Å²) in [5.74, 6) is 2.07. The summed E-state index contributed by atoms with van der Waals surface area (Å²) in [4.78, 5) is 40.9. The Hall–Kier alpha value is -4.85. The molecule has 0 fully saturated rings. The second kappa shape index (κ2) is 12.3. The third kappa shape index (κ3) is 6.02. The number of benzene rings is 4. The van der Waals surface area contributed by atoms with Gasteiger partial charge in [0.05, 0.1) is 23.3 Å². The van der Waals surface area contributed by atoms with Crippen molar-refractivity contribution >= 4 is 55.7 Å². The van der Waals surface area contributed by atoms with Gasteiger partial charge in [0.15, 0.2) is 0 Å². The van der Waals surface area contributed by atoms with Gasteiger partial charge in [0.2, 0.25) is 0 Å². The molecule has 0 aliphatic carbocycles. The molecule has 9 rings (SSSR count).